The van der Waals surface area contributed by atoms with Crippen molar-refractivity contribution in [3.8, 4) is 11.1 Å². The predicted molar refractivity (Wildman–Crippen MR) is 214 cm³/mol. The second-order valence-electron chi connectivity index (χ2n) is 14.1. The van der Waals surface area contributed by atoms with Gasteiger partial charge in [0.25, 0.3) is 0 Å². The van der Waals surface area contributed by atoms with Gasteiger partial charge >= 0.3 is 0 Å². The number of furan rings is 2. The number of fused-ring (bicyclic) bond motifs is 8. The van der Waals surface area contributed by atoms with Crippen LogP contribution in [0.5, 0.6) is 0 Å². The number of rotatable bonds is 5. The van der Waals surface area contributed by atoms with E-state index >= 15 is 0 Å². The minimum Gasteiger partial charge on any atom is -0.455 e. The minimum atomic E-state index is 0.553. The molecule has 0 bridgehead atoms. The van der Waals surface area contributed by atoms with E-state index in [-0.39, 0.29) is 0 Å². The summed E-state index contributed by atoms with van der Waals surface area (Å²) in [6, 6.07) is 43.7. The molecule has 0 N–H and O–H groups in total. The van der Waals surface area contributed by atoms with Gasteiger partial charge in [-0.1, -0.05) is 122 Å². The van der Waals surface area contributed by atoms with Gasteiger partial charge in [-0.15, -0.1) is 0 Å². The van der Waals surface area contributed by atoms with Crippen molar-refractivity contribution in [2.45, 2.75) is 32.6 Å². The van der Waals surface area contributed by atoms with Gasteiger partial charge in [-0.3, -0.25) is 0 Å². The van der Waals surface area contributed by atoms with Gasteiger partial charge in [0.2, 0.25) is 0 Å². The minimum absolute atomic E-state index is 0.553. The number of hydrogen-bond donors (Lipinski definition) is 0. The molecule has 0 radical (unpaired) electrons. The molecule has 2 heterocycles. The fourth-order valence-corrected chi connectivity index (χ4v) is 8.30. The molecule has 2 aromatic heterocycles. The van der Waals surface area contributed by atoms with Crippen molar-refractivity contribution < 1.29 is 8.83 Å². The summed E-state index contributed by atoms with van der Waals surface area (Å²) in [7, 11) is 0. The normalized spacial score (nSPS) is 15.8. The average Bonchev–Trinajstić information content (AvgIpc) is 3.68. The van der Waals surface area contributed by atoms with E-state index in [2.05, 4.69) is 164 Å². The zero-order valence-corrected chi connectivity index (χ0v) is 28.6. The van der Waals surface area contributed by atoms with Crippen molar-refractivity contribution in [2.24, 2.45) is 5.92 Å². The molecule has 0 spiro atoms. The summed E-state index contributed by atoms with van der Waals surface area (Å²) in [4.78, 5) is 2.42. The summed E-state index contributed by atoms with van der Waals surface area (Å²) in [6.45, 7) is 2.33. The van der Waals surface area contributed by atoms with E-state index in [1.165, 1.54) is 27.6 Å². The van der Waals surface area contributed by atoms with Crippen molar-refractivity contribution in [3.05, 3.63) is 163 Å². The lowest BCUT2D eigenvalue weighted by atomic mass is 9.95. The number of benzene rings is 6. The molecule has 6 aromatic carbocycles. The first-order valence-electron chi connectivity index (χ1n) is 18.1. The summed E-state index contributed by atoms with van der Waals surface area (Å²) < 4.78 is 13.6. The zero-order chi connectivity index (χ0) is 33.9. The molecule has 3 nitrogen and oxygen atoms in total. The van der Waals surface area contributed by atoms with E-state index in [1.807, 2.05) is 0 Å². The van der Waals surface area contributed by atoms with Gasteiger partial charge in [-0.2, -0.15) is 0 Å². The first-order chi connectivity index (χ1) is 25.2. The van der Waals surface area contributed by atoms with Crippen LogP contribution in [-0.4, -0.2) is 0 Å². The van der Waals surface area contributed by atoms with Crippen LogP contribution in [0.15, 0.2) is 154 Å². The molecule has 0 saturated carbocycles. The average molecular weight is 660 g/mol. The van der Waals surface area contributed by atoms with Crippen LogP contribution < -0.4 is 4.90 Å². The maximum Gasteiger partial charge on any atom is 0.159 e. The molecule has 8 aromatic rings. The predicted octanol–water partition coefficient (Wildman–Crippen LogP) is 14.0. The number of para-hydroxylation sites is 1. The van der Waals surface area contributed by atoms with Gasteiger partial charge < -0.3 is 13.7 Å². The van der Waals surface area contributed by atoms with Gasteiger partial charge in [0, 0.05) is 38.2 Å². The third-order valence-electron chi connectivity index (χ3n) is 10.7. The molecule has 246 valence electrons. The Kier molecular flexibility index (Phi) is 7.06. The molecule has 1 unspecified atom stereocenters. The van der Waals surface area contributed by atoms with Crippen LogP contribution in [0.3, 0.4) is 0 Å². The van der Waals surface area contributed by atoms with Gasteiger partial charge in [0.05, 0.1) is 11.4 Å². The molecule has 2 aliphatic carbocycles. The molecule has 10 rings (SSSR count). The van der Waals surface area contributed by atoms with Gasteiger partial charge in [0.1, 0.15) is 16.9 Å². The third kappa shape index (κ3) is 4.95. The Morgan fingerprint density at radius 1 is 0.647 bits per heavy atom. The van der Waals surface area contributed by atoms with Crippen molar-refractivity contribution in [3.63, 3.8) is 0 Å². The topological polar surface area (TPSA) is 29.5 Å². The summed E-state index contributed by atoms with van der Waals surface area (Å²) in [6.07, 6.45) is 15.3. The highest BCUT2D eigenvalue weighted by molar-refractivity contribution is 6.23. The Morgan fingerprint density at radius 2 is 1.45 bits per heavy atom. The first kappa shape index (κ1) is 29.8. The fourth-order valence-electron chi connectivity index (χ4n) is 8.30. The third-order valence-corrected chi connectivity index (χ3v) is 10.7. The molecule has 0 amide bonds. The van der Waals surface area contributed by atoms with E-state index in [0.29, 0.717) is 5.92 Å². The number of nitrogens with zero attached hydrogens (tertiary/aromatic N) is 1. The van der Waals surface area contributed by atoms with Crippen LogP contribution >= 0.6 is 0 Å². The zero-order valence-electron chi connectivity index (χ0n) is 28.6. The lowest BCUT2D eigenvalue weighted by Crippen LogP contribution is -2.11. The second kappa shape index (κ2) is 12.1. The Bertz CT molecular complexity index is 2720. The maximum atomic E-state index is 6.88. The number of anilines is 3. The summed E-state index contributed by atoms with van der Waals surface area (Å²) >= 11 is 0. The van der Waals surface area contributed by atoms with Crippen LogP contribution in [0.2, 0.25) is 0 Å². The largest absolute Gasteiger partial charge is 0.455 e. The van der Waals surface area contributed by atoms with Crippen LogP contribution in [0.1, 0.15) is 43.1 Å². The number of hydrogen-bond acceptors (Lipinski definition) is 3. The highest BCUT2D eigenvalue weighted by Gasteiger charge is 2.26. The number of allylic oxidation sites excluding steroid dienone is 5. The van der Waals surface area contributed by atoms with Gasteiger partial charge in [0.15, 0.2) is 5.58 Å². The molecule has 0 aliphatic heterocycles. The second-order valence-corrected chi connectivity index (χ2v) is 14.1. The molecule has 0 fully saturated rings. The SMILES string of the molecule is CC1CC=Cc2oc3c(N(c4cccc(C5=CC=CCC5)c4)c4cc5c(oc6cccc(-c7ccccc7)c65)c5ccccc45)cccc3c2C1. The van der Waals surface area contributed by atoms with Crippen molar-refractivity contribution >= 4 is 72.4 Å². The van der Waals surface area contributed by atoms with Crippen LogP contribution in [0.25, 0.3) is 66.5 Å². The van der Waals surface area contributed by atoms with Gasteiger partial charge in [-0.25, -0.2) is 0 Å². The smallest absolute Gasteiger partial charge is 0.159 e. The van der Waals surface area contributed by atoms with Crippen LogP contribution in [0, 0.1) is 5.92 Å². The monoisotopic (exact) mass is 659 g/mol. The lowest BCUT2D eigenvalue weighted by Gasteiger charge is -2.28. The van der Waals surface area contributed by atoms with Gasteiger partial charge in [-0.05, 0) is 90.3 Å². The molecular formula is C48H37NO2. The highest BCUT2D eigenvalue weighted by Crippen LogP contribution is 2.49. The summed E-state index contributed by atoms with van der Waals surface area (Å²) in [5.41, 5.74) is 12.1. The Hall–Kier alpha value is -6.06. The van der Waals surface area contributed by atoms with E-state index in [4.69, 9.17) is 8.83 Å². The molecule has 3 heteroatoms. The maximum absolute atomic E-state index is 6.88. The molecular weight excluding hydrogens is 623 g/mol. The van der Waals surface area contributed by atoms with E-state index in [1.54, 1.807) is 0 Å². The van der Waals surface area contributed by atoms with E-state index in [9.17, 15) is 0 Å². The van der Waals surface area contributed by atoms with E-state index in [0.717, 1.165) is 92.4 Å². The summed E-state index contributed by atoms with van der Waals surface area (Å²) in [5.74, 6) is 1.53. The lowest BCUT2D eigenvalue weighted by molar-refractivity contribution is 0.575. The van der Waals surface area contributed by atoms with Crippen molar-refractivity contribution in [1.29, 1.82) is 0 Å². The van der Waals surface area contributed by atoms with E-state index < -0.39 is 0 Å². The van der Waals surface area contributed by atoms with Crippen molar-refractivity contribution in [1.82, 2.24) is 0 Å². The Morgan fingerprint density at radius 3 is 2.33 bits per heavy atom. The fraction of sp³-hybridized carbons (Fsp3) is 0.125. The first-order valence-corrected chi connectivity index (χ1v) is 18.1. The molecule has 0 saturated heterocycles. The summed E-state index contributed by atoms with van der Waals surface area (Å²) in [5, 5.41) is 5.61. The molecule has 1 atom stereocenters. The Labute approximate surface area is 297 Å². The van der Waals surface area contributed by atoms with Crippen LogP contribution in [-0.2, 0) is 6.42 Å². The van der Waals surface area contributed by atoms with Crippen LogP contribution in [0.4, 0.5) is 17.1 Å². The highest BCUT2D eigenvalue weighted by atomic mass is 16.3. The Balaban J connectivity index is 1.30. The standard InChI is InChI=1S/C48H37NO2/c1-31-14-10-26-44-40(28-31)39-24-12-25-42(48(39)50-44)49(35-20-11-19-34(29-35)32-15-4-2-5-16-32)43-30-41-46-36(33-17-6-3-7-18-33)23-13-27-45(46)51-47(41)38-22-9-8-21-37(38)43/h2-4,6-13,15,17-27,29-31H,5,14,16,28H2,1H3. The molecule has 2 aliphatic rings. The molecule has 51 heavy (non-hydrogen) atoms. The quantitative estimate of drug-likeness (QED) is 0.184. The van der Waals surface area contributed by atoms with Crippen molar-refractivity contribution in [2.75, 3.05) is 4.90 Å².